The van der Waals surface area contributed by atoms with Crippen molar-refractivity contribution >= 4 is 23.6 Å². The third-order valence-corrected chi connectivity index (χ3v) is 3.38. The maximum atomic E-state index is 11.9. The van der Waals surface area contributed by atoms with Crippen molar-refractivity contribution in [1.29, 1.82) is 0 Å². The van der Waals surface area contributed by atoms with E-state index in [1.54, 1.807) is 25.1 Å². The number of hydrogen-bond donors (Lipinski definition) is 0. The molecule has 23 heavy (non-hydrogen) atoms. The van der Waals surface area contributed by atoms with Crippen LogP contribution in [0.15, 0.2) is 59.2 Å². The standard InChI is InChI=1S/C17H12N2O4/c1-11-7-8-13(10-15(11)19(21)22)16-18-14(17(20)23-16)9-12-5-3-2-4-6-12/h2-10H,1H3/b14-9+. The summed E-state index contributed by atoms with van der Waals surface area (Å²) in [5, 5.41) is 11.0. The van der Waals surface area contributed by atoms with Gasteiger partial charge in [0.2, 0.25) is 5.90 Å². The smallest absolute Gasteiger partial charge is 0.363 e. The minimum Gasteiger partial charge on any atom is -0.402 e. The Balaban J connectivity index is 1.97. The molecule has 0 radical (unpaired) electrons. The molecule has 0 N–H and O–H groups in total. The Morgan fingerprint density at radius 1 is 1.17 bits per heavy atom. The second-order valence-corrected chi connectivity index (χ2v) is 5.01. The van der Waals surface area contributed by atoms with Crippen molar-refractivity contribution in [1.82, 2.24) is 0 Å². The number of cyclic esters (lactones) is 1. The molecule has 0 spiro atoms. The molecule has 0 amide bonds. The van der Waals surface area contributed by atoms with E-state index in [1.165, 1.54) is 6.07 Å². The number of nitro benzene ring substituents is 1. The van der Waals surface area contributed by atoms with E-state index >= 15 is 0 Å². The van der Waals surface area contributed by atoms with E-state index < -0.39 is 10.9 Å². The van der Waals surface area contributed by atoms with E-state index in [9.17, 15) is 14.9 Å². The lowest BCUT2D eigenvalue weighted by molar-refractivity contribution is -0.385. The summed E-state index contributed by atoms with van der Waals surface area (Å²) in [4.78, 5) is 26.6. The maximum absolute atomic E-state index is 11.9. The van der Waals surface area contributed by atoms with E-state index in [2.05, 4.69) is 4.99 Å². The Labute approximate surface area is 131 Å². The van der Waals surface area contributed by atoms with Crippen LogP contribution in [0.4, 0.5) is 5.69 Å². The number of benzene rings is 2. The molecule has 2 aromatic rings. The summed E-state index contributed by atoms with van der Waals surface area (Å²) in [6.07, 6.45) is 1.61. The molecule has 2 aromatic carbocycles. The quantitative estimate of drug-likeness (QED) is 0.377. The van der Waals surface area contributed by atoms with Crippen molar-refractivity contribution in [3.8, 4) is 0 Å². The van der Waals surface area contributed by atoms with Gasteiger partial charge in [-0.05, 0) is 24.6 Å². The first kappa shape index (κ1) is 14.6. The van der Waals surface area contributed by atoms with Gasteiger partial charge in [-0.15, -0.1) is 0 Å². The summed E-state index contributed by atoms with van der Waals surface area (Å²) in [6, 6.07) is 13.8. The number of hydrogen-bond acceptors (Lipinski definition) is 5. The molecule has 1 aliphatic heterocycles. The van der Waals surface area contributed by atoms with Crippen molar-refractivity contribution in [3.05, 3.63) is 81.0 Å². The van der Waals surface area contributed by atoms with Crippen molar-refractivity contribution in [2.45, 2.75) is 6.92 Å². The van der Waals surface area contributed by atoms with Crippen LogP contribution < -0.4 is 0 Å². The highest BCUT2D eigenvalue weighted by molar-refractivity contribution is 6.13. The van der Waals surface area contributed by atoms with Gasteiger partial charge in [0.25, 0.3) is 5.69 Å². The van der Waals surface area contributed by atoms with E-state index in [-0.39, 0.29) is 17.3 Å². The first-order valence-corrected chi connectivity index (χ1v) is 6.87. The zero-order valence-electron chi connectivity index (χ0n) is 12.2. The Kier molecular flexibility index (Phi) is 3.72. The van der Waals surface area contributed by atoms with Crippen LogP contribution in [0, 0.1) is 17.0 Å². The predicted molar refractivity (Wildman–Crippen MR) is 84.9 cm³/mol. The molecular formula is C17H12N2O4. The fourth-order valence-electron chi connectivity index (χ4n) is 2.18. The average molecular weight is 308 g/mol. The van der Waals surface area contributed by atoms with Crippen LogP contribution in [0.2, 0.25) is 0 Å². The number of ether oxygens (including phenoxy) is 1. The SMILES string of the molecule is Cc1ccc(C2=N/C(=C/c3ccccc3)C(=O)O2)cc1[N+](=O)[O-]. The monoisotopic (exact) mass is 308 g/mol. The number of carbonyl (C=O) groups is 1. The van der Waals surface area contributed by atoms with Crippen molar-refractivity contribution in [2.75, 3.05) is 0 Å². The van der Waals surface area contributed by atoms with Gasteiger partial charge in [-0.3, -0.25) is 10.1 Å². The molecule has 0 aliphatic carbocycles. The highest BCUT2D eigenvalue weighted by Crippen LogP contribution is 2.24. The molecule has 6 nitrogen and oxygen atoms in total. The predicted octanol–water partition coefficient (Wildman–Crippen LogP) is 3.25. The summed E-state index contributed by atoms with van der Waals surface area (Å²) >= 11 is 0. The lowest BCUT2D eigenvalue weighted by Gasteiger charge is -2.01. The number of esters is 1. The summed E-state index contributed by atoms with van der Waals surface area (Å²) in [5.41, 5.74) is 1.87. The molecule has 0 bridgehead atoms. The first-order valence-electron chi connectivity index (χ1n) is 6.87. The molecular weight excluding hydrogens is 296 g/mol. The van der Waals surface area contributed by atoms with Crippen LogP contribution in [0.5, 0.6) is 0 Å². The minimum absolute atomic E-state index is 0.0401. The third kappa shape index (κ3) is 3.01. The van der Waals surface area contributed by atoms with Gasteiger partial charge in [-0.2, -0.15) is 0 Å². The number of carbonyl (C=O) groups excluding carboxylic acids is 1. The Hall–Kier alpha value is -3.28. The third-order valence-electron chi connectivity index (χ3n) is 3.38. The summed E-state index contributed by atoms with van der Waals surface area (Å²) in [7, 11) is 0. The fraction of sp³-hybridized carbons (Fsp3) is 0.0588. The Morgan fingerprint density at radius 3 is 2.61 bits per heavy atom. The highest BCUT2D eigenvalue weighted by Gasteiger charge is 2.25. The van der Waals surface area contributed by atoms with E-state index in [4.69, 9.17) is 4.74 Å². The summed E-state index contributed by atoms with van der Waals surface area (Å²) in [6.45, 7) is 1.64. The second kappa shape index (κ2) is 5.84. The lowest BCUT2D eigenvalue weighted by atomic mass is 10.1. The molecule has 6 heteroatoms. The zero-order valence-corrected chi connectivity index (χ0v) is 12.2. The molecule has 1 aliphatic rings. The van der Waals surface area contributed by atoms with Gasteiger partial charge in [0.15, 0.2) is 5.70 Å². The van der Waals surface area contributed by atoms with Crippen molar-refractivity contribution < 1.29 is 14.5 Å². The minimum atomic E-state index is -0.577. The highest BCUT2D eigenvalue weighted by atomic mass is 16.6. The van der Waals surface area contributed by atoms with Gasteiger partial charge < -0.3 is 4.74 Å². The van der Waals surface area contributed by atoms with Crippen LogP contribution in [-0.2, 0) is 9.53 Å². The number of nitro groups is 1. The van der Waals surface area contributed by atoms with E-state index in [1.807, 2.05) is 30.3 Å². The van der Waals surface area contributed by atoms with Gasteiger partial charge >= 0.3 is 5.97 Å². The number of nitrogens with zero attached hydrogens (tertiary/aromatic N) is 2. The van der Waals surface area contributed by atoms with Crippen molar-refractivity contribution in [2.24, 2.45) is 4.99 Å². The van der Waals surface area contributed by atoms with Crippen LogP contribution in [0.3, 0.4) is 0 Å². The molecule has 0 aromatic heterocycles. The van der Waals surface area contributed by atoms with Crippen LogP contribution in [0.1, 0.15) is 16.7 Å². The number of rotatable bonds is 3. The van der Waals surface area contributed by atoms with Crippen LogP contribution in [-0.4, -0.2) is 16.8 Å². The number of aryl methyl sites for hydroxylation is 1. The molecule has 3 rings (SSSR count). The molecule has 114 valence electrons. The van der Waals surface area contributed by atoms with Gasteiger partial charge in [0.05, 0.1) is 4.92 Å². The summed E-state index contributed by atoms with van der Waals surface area (Å²) in [5.74, 6) is -0.507. The molecule has 0 saturated heterocycles. The first-order chi connectivity index (χ1) is 11.0. The molecule has 0 atom stereocenters. The molecule has 0 saturated carbocycles. The maximum Gasteiger partial charge on any atom is 0.363 e. The zero-order chi connectivity index (χ0) is 16.4. The van der Waals surface area contributed by atoms with Crippen LogP contribution in [0.25, 0.3) is 6.08 Å². The fourth-order valence-corrected chi connectivity index (χ4v) is 2.18. The lowest BCUT2D eigenvalue weighted by Crippen LogP contribution is -2.06. The second-order valence-electron chi connectivity index (χ2n) is 5.01. The van der Waals surface area contributed by atoms with Gasteiger partial charge in [-0.25, -0.2) is 9.79 Å². The Morgan fingerprint density at radius 2 is 1.91 bits per heavy atom. The van der Waals surface area contributed by atoms with Gasteiger partial charge in [0, 0.05) is 17.2 Å². The van der Waals surface area contributed by atoms with Gasteiger partial charge in [0.1, 0.15) is 0 Å². The van der Waals surface area contributed by atoms with Gasteiger partial charge in [-0.1, -0.05) is 36.4 Å². The summed E-state index contributed by atoms with van der Waals surface area (Å²) < 4.78 is 5.13. The van der Waals surface area contributed by atoms with Crippen LogP contribution >= 0.6 is 0 Å². The van der Waals surface area contributed by atoms with E-state index in [0.717, 1.165) is 5.56 Å². The molecule has 1 heterocycles. The normalized spacial score (nSPS) is 15.4. The topological polar surface area (TPSA) is 81.8 Å². The molecule has 0 unspecified atom stereocenters. The largest absolute Gasteiger partial charge is 0.402 e. The average Bonchev–Trinajstić information content (AvgIpc) is 2.89. The Bertz CT molecular complexity index is 854. The van der Waals surface area contributed by atoms with E-state index in [0.29, 0.717) is 11.1 Å². The van der Waals surface area contributed by atoms with Crippen molar-refractivity contribution in [3.63, 3.8) is 0 Å². The number of aliphatic imine (C=N–C) groups is 1. The molecule has 0 fully saturated rings.